The van der Waals surface area contributed by atoms with E-state index in [4.69, 9.17) is 0 Å². The lowest BCUT2D eigenvalue weighted by Gasteiger charge is -2.02. The minimum atomic E-state index is 0.846. The molecule has 0 spiro atoms. The summed E-state index contributed by atoms with van der Waals surface area (Å²) in [6, 6.07) is 9.86. The summed E-state index contributed by atoms with van der Waals surface area (Å²) < 4.78 is 0.846. The molecular weight excluding hydrogens is 240 g/mol. The standard InChI is InChI=1S/C11H9BrN2/c1-8-6-9(7-11(12)14-8)10-4-2-3-5-13-10/h2-7H,1H3. The van der Waals surface area contributed by atoms with Crippen LogP contribution in [0, 0.1) is 6.92 Å². The van der Waals surface area contributed by atoms with Gasteiger partial charge in [0, 0.05) is 17.5 Å². The van der Waals surface area contributed by atoms with Crippen LogP contribution in [-0.2, 0) is 0 Å². The van der Waals surface area contributed by atoms with Crippen molar-refractivity contribution in [2.24, 2.45) is 0 Å². The van der Waals surface area contributed by atoms with E-state index in [1.165, 1.54) is 0 Å². The fourth-order valence-electron chi connectivity index (χ4n) is 1.31. The number of pyridine rings is 2. The smallest absolute Gasteiger partial charge is 0.107 e. The van der Waals surface area contributed by atoms with Crippen molar-refractivity contribution in [3.8, 4) is 11.3 Å². The summed E-state index contributed by atoms with van der Waals surface area (Å²) in [6.45, 7) is 1.97. The molecule has 0 atom stereocenters. The van der Waals surface area contributed by atoms with E-state index in [9.17, 15) is 0 Å². The van der Waals surface area contributed by atoms with Gasteiger partial charge in [0.2, 0.25) is 0 Å². The monoisotopic (exact) mass is 248 g/mol. The van der Waals surface area contributed by atoms with Crippen LogP contribution in [0.5, 0.6) is 0 Å². The highest BCUT2D eigenvalue weighted by atomic mass is 79.9. The zero-order chi connectivity index (χ0) is 9.97. The SMILES string of the molecule is Cc1cc(-c2ccccn2)cc(Br)n1. The molecule has 2 heterocycles. The van der Waals surface area contributed by atoms with Gasteiger partial charge < -0.3 is 0 Å². The predicted octanol–water partition coefficient (Wildman–Crippen LogP) is 3.21. The van der Waals surface area contributed by atoms with E-state index in [1.54, 1.807) is 6.20 Å². The van der Waals surface area contributed by atoms with Gasteiger partial charge in [-0.1, -0.05) is 6.07 Å². The first kappa shape index (κ1) is 9.34. The Bertz CT molecular complexity index is 420. The number of hydrogen-bond acceptors (Lipinski definition) is 2. The zero-order valence-electron chi connectivity index (χ0n) is 7.74. The van der Waals surface area contributed by atoms with Crippen LogP contribution >= 0.6 is 15.9 Å². The molecular formula is C11H9BrN2. The van der Waals surface area contributed by atoms with Gasteiger partial charge in [0.25, 0.3) is 0 Å². The van der Waals surface area contributed by atoms with Gasteiger partial charge in [-0.25, -0.2) is 4.98 Å². The number of rotatable bonds is 1. The fraction of sp³-hybridized carbons (Fsp3) is 0.0909. The molecule has 2 rings (SSSR count). The van der Waals surface area contributed by atoms with Crippen LogP contribution in [0.2, 0.25) is 0 Å². The quantitative estimate of drug-likeness (QED) is 0.725. The highest BCUT2D eigenvalue weighted by Gasteiger charge is 2.00. The van der Waals surface area contributed by atoms with E-state index in [2.05, 4.69) is 25.9 Å². The fourth-order valence-corrected chi connectivity index (χ4v) is 1.84. The normalized spacial score (nSPS) is 10.1. The van der Waals surface area contributed by atoms with Gasteiger partial charge in [0.05, 0.1) is 5.69 Å². The molecule has 0 saturated heterocycles. The molecule has 0 bridgehead atoms. The Kier molecular flexibility index (Phi) is 2.59. The van der Waals surface area contributed by atoms with Gasteiger partial charge in [0.15, 0.2) is 0 Å². The molecule has 0 aliphatic heterocycles. The van der Waals surface area contributed by atoms with Crippen molar-refractivity contribution in [2.75, 3.05) is 0 Å². The molecule has 0 amide bonds. The number of hydrogen-bond donors (Lipinski definition) is 0. The average Bonchev–Trinajstić information content (AvgIpc) is 2.18. The van der Waals surface area contributed by atoms with Crippen molar-refractivity contribution in [3.63, 3.8) is 0 Å². The van der Waals surface area contributed by atoms with E-state index in [-0.39, 0.29) is 0 Å². The molecule has 0 fully saturated rings. The number of aryl methyl sites for hydroxylation is 1. The summed E-state index contributed by atoms with van der Waals surface area (Å²) in [5, 5.41) is 0. The van der Waals surface area contributed by atoms with Crippen molar-refractivity contribution >= 4 is 15.9 Å². The first-order valence-corrected chi connectivity index (χ1v) is 5.10. The molecule has 0 aliphatic carbocycles. The molecule has 70 valence electrons. The van der Waals surface area contributed by atoms with Crippen molar-refractivity contribution in [3.05, 3.63) is 46.8 Å². The minimum absolute atomic E-state index is 0.846. The van der Waals surface area contributed by atoms with Crippen molar-refractivity contribution in [1.82, 2.24) is 9.97 Å². The largest absolute Gasteiger partial charge is 0.256 e. The predicted molar refractivity (Wildman–Crippen MR) is 59.9 cm³/mol. The topological polar surface area (TPSA) is 25.8 Å². The van der Waals surface area contributed by atoms with Crippen LogP contribution < -0.4 is 0 Å². The third kappa shape index (κ3) is 1.99. The molecule has 0 N–H and O–H groups in total. The third-order valence-corrected chi connectivity index (χ3v) is 2.29. The average molecular weight is 249 g/mol. The summed E-state index contributed by atoms with van der Waals surface area (Å²) in [5.74, 6) is 0. The van der Waals surface area contributed by atoms with Crippen LogP contribution in [0.15, 0.2) is 41.1 Å². The van der Waals surface area contributed by atoms with Gasteiger partial charge in [-0.3, -0.25) is 4.98 Å². The van der Waals surface area contributed by atoms with Gasteiger partial charge >= 0.3 is 0 Å². The Morgan fingerprint density at radius 1 is 1.21 bits per heavy atom. The number of nitrogens with zero attached hydrogens (tertiary/aromatic N) is 2. The van der Waals surface area contributed by atoms with E-state index < -0.39 is 0 Å². The molecule has 14 heavy (non-hydrogen) atoms. The number of halogens is 1. The van der Waals surface area contributed by atoms with Crippen molar-refractivity contribution in [1.29, 1.82) is 0 Å². The van der Waals surface area contributed by atoms with Crippen molar-refractivity contribution in [2.45, 2.75) is 6.92 Å². The second kappa shape index (κ2) is 3.88. The Morgan fingerprint density at radius 2 is 2.07 bits per heavy atom. The number of aromatic nitrogens is 2. The van der Waals surface area contributed by atoms with E-state index in [0.29, 0.717) is 0 Å². The van der Waals surface area contributed by atoms with E-state index in [1.807, 2.05) is 37.3 Å². The lowest BCUT2D eigenvalue weighted by Crippen LogP contribution is -1.87. The van der Waals surface area contributed by atoms with E-state index >= 15 is 0 Å². The summed E-state index contributed by atoms with van der Waals surface area (Å²) in [5.41, 5.74) is 3.05. The Balaban J connectivity index is 2.52. The Labute approximate surface area is 91.2 Å². The third-order valence-electron chi connectivity index (χ3n) is 1.88. The van der Waals surface area contributed by atoms with Crippen LogP contribution in [0.1, 0.15) is 5.69 Å². The molecule has 0 radical (unpaired) electrons. The Hall–Kier alpha value is -1.22. The maximum absolute atomic E-state index is 4.28. The lowest BCUT2D eigenvalue weighted by molar-refractivity contribution is 1.16. The first-order chi connectivity index (χ1) is 6.75. The minimum Gasteiger partial charge on any atom is -0.256 e. The second-order valence-electron chi connectivity index (χ2n) is 3.03. The molecule has 3 heteroatoms. The van der Waals surface area contributed by atoms with Gasteiger partial charge in [-0.2, -0.15) is 0 Å². The Morgan fingerprint density at radius 3 is 2.71 bits per heavy atom. The van der Waals surface area contributed by atoms with Gasteiger partial charge in [-0.15, -0.1) is 0 Å². The molecule has 0 saturated carbocycles. The summed E-state index contributed by atoms with van der Waals surface area (Å²) in [6.07, 6.45) is 1.79. The van der Waals surface area contributed by atoms with Gasteiger partial charge in [-0.05, 0) is 47.1 Å². The lowest BCUT2D eigenvalue weighted by atomic mass is 10.1. The van der Waals surface area contributed by atoms with Crippen molar-refractivity contribution < 1.29 is 0 Å². The second-order valence-corrected chi connectivity index (χ2v) is 3.85. The summed E-state index contributed by atoms with van der Waals surface area (Å²) in [7, 11) is 0. The summed E-state index contributed by atoms with van der Waals surface area (Å²) >= 11 is 3.37. The first-order valence-electron chi connectivity index (χ1n) is 4.31. The zero-order valence-corrected chi connectivity index (χ0v) is 9.32. The van der Waals surface area contributed by atoms with Crippen LogP contribution in [0.25, 0.3) is 11.3 Å². The molecule has 2 nitrogen and oxygen atoms in total. The molecule has 0 unspecified atom stereocenters. The molecule has 0 aliphatic rings. The molecule has 2 aromatic rings. The molecule has 0 aromatic carbocycles. The maximum atomic E-state index is 4.28. The maximum Gasteiger partial charge on any atom is 0.107 e. The highest BCUT2D eigenvalue weighted by molar-refractivity contribution is 9.10. The van der Waals surface area contributed by atoms with Gasteiger partial charge in [0.1, 0.15) is 4.60 Å². The summed E-state index contributed by atoms with van der Waals surface area (Å²) in [4.78, 5) is 8.53. The molecule has 2 aromatic heterocycles. The van der Waals surface area contributed by atoms with Crippen LogP contribution in [-0.4, -0.2) is 9.97 Å². The van der Waals surface area contributed by atoms with Crippen LogP contribution in [0.3, 0.4) is 0 Å². The van der Waals surface area contributed by atoms with Crippen LogP contribution in [0.4, 0.5) is 0 Å². The highest BCUT2D eigenvalue weighted by Crippen LogP contribution is 2.20. The van der Waals surface area contributed by atoms with E-state index in [0.717, 1.165) is 21.6 Å².